The summed E-state index contributed by atoms with van der Waals surface area (Å²) in [4.78, 5) is 11.6. The van der Waals surface area contributed by atoms with Crippen LogP contribution in [-0.4, -0.2) is 21.4 Å². The Labute approximate surface area is 138 Å². The van der Waals surface area contributed by atoms with Crippen LogP contribution < -0.4 is 16.8 Å². The topological polar surface area (TPSA) is 123 Å². The van der Waals surface area contributed by atoms with E-state index >= 15 is 0 Å². The molecule has 24 heavy (non-hydrogen) atoms. The van der Waals surface area contributed by atoms with Crippen molar-refractivity contribution in [2.75, 3.05) is 11.1 Å². The molecule has 126 valence electrons. The molecular formula is C16H19FN6O. The highest BCUT2D eigenvalue weighted by molar-refractivity contribution is 6.12. The molecule has 0 fully saturated rings. The molecule has 6 N–H and O–H groups in total. The van der Waals surface area contributed by atoms with Crippen molar-refractivity contribution >= 4 is 23.1 Å². The molecule has 1 aromatic carbocycles. The maximum atomic E-state index is 13.4. The fourth-order valence-electron chi connectivity index (χ4n) is 2.14. The number of anilines is 2. The summed E-state index contributed by atoms with van der Waals surface area (Å²) >= 11 is 0. The molecule has 7 nitrogen and oxygen atoms in total. The average Bonchev–Trinajstić information content (AvgIpc) is 2.82. The van der Waals surface area contributed by atoms with Gasteiger partial charge in [-0.15, -0.1) is 0 Å². The summed E-state index contributed by atoms with van der Waals surface area (Å²) in [5.74, 6) is -0.857. The van der Waals surface area contributed by atoms with Gasteiger partial charge in [0.05, 0.1) is 11.4 Å². The number of halogens is 1. The number of aryl methyl sites for hydroxylation is 2. The Bertz CT molecular complexity index is 833. The van der Waals surface area contributed by atoms with Crippen molar-refractivity contribution in [3.05, 3.63) is 52.6 Å². The molecule has 0 aliphatic carbocycles. The Kier molecular flexibility index (Phi) is 4.68. The van der Waals surface area contributed by atoms with E-state index in [0.29, 0.717) is 16.9 Å². The monoisotopic (exact) mass is 330 g/mol. The number of allylic oxidation sites excluding steroid dienone is 1. The van der Waals surface area contributed by atoms with E-state index in [0.717, 1.165) is 5.69 Å². The summed E-state index contributed by atoms with van der Waals surface area (Å²) < 4.78 is 15.1. The van der Waals surface area contributed by atoms with E-state index in [4.69, 9.17) is 16.9 Å². The van der Waals surface area contributed by atoms with Crippen LogP contribution in [0.3, 0.4) is 0 Å². The second kappa shape index (κ2) is 6.53. The average molecular weight is 330 g/mol. The molecule has 0 radical (unpaired) electrons. The molecule has 0 saturated heterocycles. The minimum Gasteiger partial charge on any atom is -0.396 e. The Balaban J connectivity index is 2.35. The molecule has 0 bridgehead atoms. The standard InChI is InChI=1S/C16H19FN6O/c1-8-6-14(22-23(8)3)21-13(16(20)24)7-12(18)10-4-5-11(17)15(19)9(10)2/h4-7,18H,19H2,1-3H3,(H2,20,24)(H,21,22)/b13-7+,18-12?. The van der Waals surface area contributed by atoms with Crippen LogP contribution in [-0.2, 0) is 11.8 Å². The quantitative estimate of drug-likeness (QED) is 0.378. The number of nitrogens with two attached hydrogens (primary N) is 2. The summed E-state index contributed by atoms with van der Waals surface area (Å²) in [5, 5.41) is 15.1. The van der Waals surface area contributed by atoms with Crippen LogP contribution in [0.2, 0.25) is 0 Å². The van der Waals surface area contributed by atoms with Crippen LogP contribution in [0.15, 0.2) is 30.0 Å². The van der Waals surface area contributed by atoms with Crippen LogP contribution in [0.5, 0.6) is 0 Å². The van der Waals surface area contributed by atoms with Gasteiger partial charge in [-0.05, 0) is 37.6 Å². The zero-order valence-electron chi connectivity index (χ0n) is 13.6. The Morgan fingerprint density at radius 2 is 2.08 bits per heavy atom. The first-order valence-corrected chi connectivity index (χ1v) is 7.13. The van der Waals surface area contributed by atoms with Crippen molar-refractivity contribution in [2.24, 2.45) is 12.8 Å². The SMILES string of the molecule is Cc1c(C(=N)/C=C(/Nc2cc(C)n(C)n2)C(N)=O)ccc(F)c1N. The normalized spacial score (nSPS) is 11.4. The number of nitrogens with zero attached hydrogens (tertiary/aromatic N) is 2. The number of carbonyl (C=O) groups excluding carboxylic acids is 1. The number of rotatable bonds is 5. The van der Waals surface area contributed by atoms with Crippen molar-refractivity contribution in [3.8, 4) is 0 Å². The third kappa shape index (κ3) is 3.43. The van der Waals surface area contributed by atoms with Gasteiger partial charge < -0.3 is 22.2 Å². The smallest absolute Gasteiger partial charge is 0.265 e. The van der Waals surface area contributed by atoms with E-state index in [2.05, 4.69) is 10.4 Å². The van der Waals surface area contributed by atoms with Crippen LogP contribution in [0, 0.1) is 25.1 Å². The van der Waals surface area contributed by atoms with Gasteiger partial charge in [0.2, 0.25) is 0 Å². The van der Waals surface area contributed by atoms with E-state index in [-0.39, 0.29) is 17.1 Å². The van der Waals surface area contributed by atoms with Crippen LogP contribution >= 0.6 is 0 Å². The largest absolute Gasteiger partial charge is 0.396 e. The molecular weight excluding hydrogens is 311 g/mol. The summed E-state index contributed by atoms with van der Waals surface area (Å²) in [5.41, 5.74) is 12.7. The van der Waals surface area contributed by atoms with Crippen molar-refractivity contribution in [3.63, 3.8) is 0 Å². The lowest BCUT2D eigenvalue weighted by atomic mass is 10.0. The maximum absolute atomic E-state index is 13.4. The minimum absolute atomic E-state index is 0.000367. The molecule has 0 unspecified atom stereocenters. The lowest BCUT2D eigenvalue weighted by molar-refractivity contribution is -0.114. The Morgan fingerprint density at radius 3 is 2.62 bits per heavy atom. The summed E-state index contributed by atoms with van der Waals surface area (Å²) in [6.45, 7) is 3.47. The van der Waals surface area contributed by atoms with Gasteiger partial charge in [0, 0.05) is 24.4 Å². The first-order valence-electron chi connectivity index (χ1n) is 7.13. The lowest BCUT2D eigenvalue weighted by Crippen LogP contribution is -2.21. The highest BCUT2D eigenvalue weighted by atomic mass is 19.1. The predicted octanol–water partition coefficient (Wildman–Crippen LogP) is 1.61. The van der Waals surface area contributed by atoms with Gasteiger partial charge in [-0.25, -0.2) is 4.39 Å². The van der Waals surface area contributed by atoms with Crippen LogP contribution in [0.25, 0.3) is 0 Å². The third-order valence-electron chi connectivity index (χ3n) is 3.68. The van der Waals surface area contributed by atoms with Gasteiger partial charge in [-0.2, -0.15) is 5.10 Å². The van der Waals surface area contributed by atoms with E-state index in [1.165, 1.54) is 18.2 Å². The number of primary amides is 1. The first kappa shape index (κ1) is 17.2. The number of aromatic nitrogens is 2. The van der Waals surface area contributed by atoms with Crippen molar-refractivity contribution in [1.82, 2.24) is 9.78 Å². The summed E-state index contributed by atoms with van der Waals surface area (Å²) in [6, 6.07) is 4.35. The molecule has 0 aliphatic rings. The van der Waals surface area contributed by atoms with Crippen LogP contribution in [0.1, 0.15) is 16.8 Å². The highest BCUT2D eigenvalue weighted by Crippen LogP contribution is 2.21. The number of amides is 1. The summed E-state index contributed by atoms with van der Waals surface area (Å²) in [7, 11) is 1.76. The van der Waals surface area contributed by atoms with E-state index in [1.54, 1.807) is 24.7 Å². The number of benzene rings is 1. The van der Waals surface area contributed by atoms with Gasteiger partial charge in [0.1, 0.15) is 11.5 Å². The second-order valence-electron chi connectivity index (χ2n) is 5.39. The van der Waals surface area contributed by atoms with Crippen molar-refractivity contribution in [1.29, 1.82) is 5.41 Å². The molecule has 1 amide bonds. The van der Waals surface area contributed by atoms with E-state index in [1.807, 2.05) is 6.92 Å². The summed E-state index contributed by atoms with van der Waals surface area (Å²) in [6.07, 6.45) is 1.27. The zero-order chi connectivity index (χ0) is 18.0. The van der Waals surface area contributed by atoms with Gasteiger partial charge >= 0.3 is 0 Å². The molecule has 0 saturated carbocycles. The fourth-order valence-corrected chi connectivity index (χ4v) is 2.14. The van der Waals surface area contributed by atoms with Gasteiger partial charge in [0.25, 0.3) is 5.91 Å². The van der Waals surface area contributed by atoms with Crippen LogP contribution in [0.4, 0.5) is 15.9 Å². The fraction of sp³-hybridized carbons (Fsp3) is 0.188. The Hall–Kier alpha value is -3.16. The molecule has 0 atom stereocenters. The molecule has 2 rings (SSSR count). The lowest BCUT2D eigenvalue weighted by Gasteiger charge is -2.10. The number of carbonyl (C=O) groups is 1. The predicted molar refractivity (Wildman–Crippen MR) is 91.2 cm³/mol. The number of nitrogen functional groups attached to an aromatic ring is 1. The maximum Gasteiger partial charge on any atom is 0.265 e. The van der Waals surface area contributed by atoms with Crippen molar-refractivity contribution in [2.45, 2.75) is 13.8 Å². The van der Waals surface area contributed by atoms with Gasteiger partial charge in [-0.3, -0.25) is 9.48 Å². The second-order valence-corrected chi connectivity index (χ2v) is 5.39. The molecule has 2 aromatic rings. The van der Waals surface area contributed by atoms with Gasteiger partial charge in [-0.1, -0.05) is 0 Å². The minimum atomic E-state index is -0.740. The number of hydrogen-bond donors (Lipinski definition) is 4. The number of nitrogens with one attached hydrogen (secondary N) is 2. The van der Waals surface area contributed by atoms with E-state index < -0.39 is 11.7 Å². The third-order valence-corrected chi connectivity index (χ3v) is 3.68. The zero-order valence-corrected chi connectivity index (χ0v) is 13.6. The molecule has 1 heterocycles. The number of hydrogen-bond acceptors (Lipinski definition) is 5. The van der Waals surface area contributed by atoms with E-state index in [9.17, 15) is 9.18 Å². The molecule has 1 aromatic heterocycles. The molecule has 0 aliphatic heterocycles. The highest BCUT2D eigenvalue weighted by Gasteiger charge is 2.13. The Morgan fingerprint density at radius 1 is 1.42 bits per heavy atom. The molecule has 8 heteroatoms. The first-order chi connectivity index (χ1) is 11.2. The van der Waals surface area contributed by atoms with Gasteiger partial charge in [0.15, 0.2) is 5.82 Å². The van der Waals surface area contributed by atoms with Crippen molar-refractivity contribution < 1.29 is 9.18 Å². The molecule has 0 spiro atoms.